The number of pyridine rings is 1. The van der Waals surface area contributed by atoms with Gasteiger partial charge in [-0.2, -0.15) is 4.98 Å². The summed E-state index contributed by atoms with van der Waals surface area (Å²) in [5.41, 5.74) is 6.33. The van der Waals surface area contributed by atoms with Crippen LogP contribution in [-0.2, 0) is 17.8 Å². The maximum absolute atomic E-state index is 13.5. The van der Waals surface area contributed by atoms with Crippen LogP contribution in [0.1, 0.15) is 33.5 Å². The fraction of sp³-hybridized carbons (Fsp3) is 0.214. The Kier molecular flexibility index (Phi) is 6.90. The van der Waals surface area contributed by atoms with Crippen LogP contribution < -0.4 is 10.1 Å². The van der Waals surface area contributed by atoms with E-state index in [0.29, 0.717) is 45.7 Å². The molecule has 0 atom stereocenters. The summed E-state index contributed by atoms with van der Waals surface area (Å²) < 4.78 is 19.7. The molecule has 0 fully saturated rings. The molecule has 7 nitrogen and oxygen atoms in total. The molecule has 0 bridgehead atoms. The number of hydrogen-bond acceptors (Lipinski definition) is 7. The molecule has 1 amide bonds. The van der Waals surface area contributed by atoms with E-state index in [4.69, 9.17) is 9.72 Å². The molecule has 4 aromatic rings. The highest BCUT2D eigenvalue weighted by Gasteiger charge is 2.28. The number of thioether (sulfide) groups is 1. The van der Waals surface area contributed by atoms with E-state index in [-0.39, 0.29) is 24.1 Å². The normalized spacial score (nSPS) is 11.9. The molecule has 3 heterocycles. The molecule has 0 spiro atoms. The summed E-state index contributed by atoms with van der Waals surface area (Å²) in [7, 11) is 0. The molecular formula is C28H25FN4O3S. The lowest BCUT2D eigenvalue weighted by Crippen LogP contribution is -2.16. The van der Waals surface area contributed by atoms with Crippen molar-refractivity contribution in [1.29, 1.82) is 0 Å². The van der Waals surface area contributed by atoms with Gasteiger partial charge in [0.1, 0.15) is 10.8 Å². The molecule has 188 valence electrons. The van der Waals surface area contributed by atoms with Crippen molar-refractivity contribution in [1.82, 2.24) is 15.0 Å². The summed E-state index contributed by atoms with van der Waals surface area (Å²) in [5.74, 6) is 0.883. The number of nitrogens with one attached hydrogen (secondary N) is 1. The molecule has 0 aliphatic carbocycles. The number of aromatic nitrogens is 3. The van der Waals surface area contributed by atoms with Gasteiger partial charge in [-0.3, -0.25) is 9.78 Å². The molecule has 1 aliphatic rings. The molecule has 5 rings (SSSR count). The van der Waals surface area contributed by atoms with E-state index in [0.717, 1.165) is 27.9 Å². The number of aliphatic hydroxyl groups excluding tert-OH is 1. The standard InChI is InChI=1S/C28H25FN4O3S/c1-15-4-5-16(2)23(10-15)31-24(35)14-37-28-22-11-21-19(13-34)12-30-17(3)25(21)36-27(22)32-26(33-28)18-6-8-20(29)9-7-18/h4-10,12,34H,11,13-14H2,1-3H3,(H,31,35). The average molecular weight is 517 g/mol. The SMILES string of the molecule is Cc1ccc(C)c(NC(=O)CSc2nc(-c3ccc(F)cc3)nc3c2Cc2c(CO)cnc(C)c2O3)c1. The Morgan fingerprint density at radius 2 is 1.89 bits per heavy atom. The van der Waals surface area contributed by atoms with Crippen molar-refractivity contribution in [3.05, 3.63) is 88.0 Å². The van der Waals surface area contributed by atoms with E-state index >= 15 is 0 Å². The molecule has 0 radical (unpaired) electrons. The van der Waals surface area contributed by atoms with Crippen LogP contribution in [-0.4, -0.2) is 31.7 Å². The monoisotopic (exact) mass is 516 g/mol. The van der Waals surface area contributed by atoms with Gasteiger partial charge < -0.3 is 15.2 Å². The molecule has 2 aromatic heterocycles. The van der Waals surface area contributed by atoms with E-state index < -0.39 is 0 Å². The van der Waals surface area contributed by atoms with Gasteiger partial charge in [-0.05, 0) is 62.2 Å². The Hall–Kier alpha value is -3.82. The topological polar surface area (TPSA) is 97.2 Å². The van der Waals surface area contributed by atoms with Crippen molar-refractivity contribution < 1.29 is 19.0 Å². The Balaban J connectivity index is 1.49. The van der Waals surface area contributed by atoms with Crippen molar-refractivity contribution >= 4 is 23.4 Å². The summed E-state index contributed by atoms with van der Waals surface area (Å²) in [6.07, 6.45) is 2.06. The fourth-order valence-electron chi connectivity index (χ4n) is 4.13. The molecular weight excluding hydrogens is 491 g/mol. The van der Waals surface area contributed by atoms with E-state index in [1.165, 1.54) is 23.9 Å². The van der Waals surface area contributed by atoms with Gasteiger partial charge in [-0.15, -0.1) is 0 Å². The van der Waals surface area contributed by atoms with Gasteiger partial charge in [-0.1, -0.05) is 23.9 Å². The smallest absolute Gasteiger partial charge is 0.234 e. The molecule has 2 aromatic carbocycles. The molecule has 0 unspecified atom stereocenters. The number of amides is 1. The summed E-state index contributed by atoms with van der Waals surface area (Å²) >= 11 is 1.28. The van der Waals surface area contributed by atoms with Crippen LogP contribution in [0.3, 0.4) is 0 Å². The van der Waals surface area contributed by atoms with E-state index in [1.807, 2.05) is 39.0 Å². The number of anilines is 1. The van der Waals surface area contributed by atoms with Gasteiger partial charge >= 0.3 is 0 Å². The van der Waals surface area contributed by atoms with Crippen LogP contribution in [0.5, 0.6) is 11.6 Å². The number of hydrogen-bond donors (Lipinski definition) is 2. The first-order valence-electron chi connectivity index (χ1n) is 11.7. The summed E-state index contributed by atoms with van der Waals surface area (Å²) in [5, 5.41) is 13.4. The molecule has 9 heteroatoms. The Morgan fingerprint density at radius 1 is 1.11 bits per heavy atom. The molecule has 1 aliphatic heterocycles. The van der Waals surface area contributed by atoms with Gasteiger partial charge in [-0.25, -0.2) is 9.37 Å². The summed E-state index contributed by atoms with van der Waals surface area (Å²) in [4.78, 5) is 26.6. The molecule has 0 saturated heterocycles. The second-order valence-electron chi connectivity index (χ2n) is 8.91. The third-order valence-corrected chi connectivity index (χ3v) is 7.19. The van der Waals surface area contributed by atoms with Crippen molar-refractivity contribution in [3.8, 4) is 23.0 Å². The lowest BCUT2D eigenvalue weighted by atomic mass is 9.99. The Bertz CT molecular complexity index is 1510. The minimum Gasteiger partial charge on any atom is -0.436 e. The van der Waals surface area contributed by atoms with Gasteiger partial charge in [0.25, 0.3) is 0 Å². The van der Waals surface area contributed by atoms with Gasteiger partial charge in [0.05, 0.1) is 23.6 Å². The highest BCUT2D eigenvalue weighted by molar-refractivity contribution is 8.00. The number of nitrogens with zero attached hydrogens (tertiary/aromatic N) is 3. The van der Waals surface area contributed by atoms with Crippen LogP contribution >= 0.6 is 11.8 Å². The van der Waals surface area contributed by atoms with Gasteiger partial charge in [0.2, 0.25) is 11.8 Å². The van der Waals surface area contributed by atoms with Crippen molar-refractivity contribution in [2.45, 2.75) is 38.8 Å². The first kappa shape index (κ1) is 24.9. The second kappa shape index (κ2) is 10.3. The number of fused-ring (bicyclic) bond motifs is 2. The van der Waals surface area contributed by atoms with E-state index in [9.17, 15) is 14.3 Å². The van der Waals surface area contributed by atoms with Gasteiger partial charge in [0.15, 0.2) is 11.6 Å². The van der Waals surface area contributed by atoms with Gasteiger partial charge in [0, 0.05) is 35.0 Å². The highest BCUT2D eigenvalue weighted by Crippen LogP contribution is 2.42. The van der Waals surface area contributed by atoms with E-state index in [2.05, 4.69) is 15.3 Å². The number of benzene rings is 2. The van der Waals surface area contributed by atoms with Crippen molar-refractivity contribution in [2.75, 3.05) is 11.1 Å². The first-order valence-corrected chi connectivity index (χ1v) is 12.7. The molecule has 0 saturated carbocycles. The Morgan fingerprint density at radius 3 is 2.65 bits per heavy atom. The number of halogens is 1. The lowest BCUT2D eigenvalue weighted by Gasteiger charge is -2.24. The lowest BCUT2D eigenvalue weighted by molar-refractivity contribution is -0.113. The summed E-state index contributed by atoms with van der Waals surface area (Å²) in [6, 6.07) is 11.8. The fourth-order valence-corrected chi connectivity index (χ4v) is 4.96. The third-order valence-electron chi connectivity index (χ3n) is 6.17. The summed E-state index contributed by atoms with van der Waals surface area (Å²) in [6.45, 7) is 5.58. The van der Waals surface area contributed by atoms with Crippen LogP contribution in [0.4, 0.5) is 10.1 Å². The highest BCUT2D eigenvalue weighted by atomic mass is 32.2. The number of carbonyl (C=O) groups is 1. The average Bonchev–Trinajstić information content (AvgIpc) is 2.89. The number of aliphatic hydroxyl groups is 1. The zero-order chi connectivity index (χ0) is 26.1. The number of ether oxygens (including phenoxy) is 1. The number of aryl methyl sites for hydroxylation is 3. The largest absolute Gasteiger partial charge is 0.436 e. The number of rotatable bonds is 6. The zero-order valence-electron chi connectivity index (χ0n) is 20.6. The predicted molar refractivity (Wildman–Crippen MR) is 140 cm³/mol. The zero-order valence-corrected chi connectivity index (χ0v) is 21.4. The maximum Gasteiger partial charge on any atom is 0.234 e. The quantitative estimate of drug-likeness (QED) is 0.226. The second-order valence-corrected chi connectivity index (χ2v) is 9.88. The third kappa shape index (κ3) is 5.19. The number of carbonyl (C=O) groups excluding carboxylic acids is 1. The van der Waals surface area contributed by atoms with Crippen LogP contribution in [0.2, 0.25) is 0 Å². The predicted octanol–water partition coefficient (Wildman–Crippen LogP) is 5.52. The van der Waals surface area contributed by atoms with Crippen LogP contribution in [0.25, 0.3) is 11.4 Å². The van der Waals surface area contributed by atoms with E-state index in [1.54, 1.807) is 18.3 Å². The molecule has 37 heavy (non-hydrogen) atoms. The minimum absolute atomic E-state index is 0.120. The van der Waals surface area contributed by atoms with Crippen LogP contribution in [0.15, 0.2) is 53.7 Å². The van der Waals surface area contributed by atoms with Crippen molar-refractivity contribution in [2.24, 2.45) is 0 Å². The minimum atomic E-state index is -0.358. The maximum atomic E-state index is 13.5. The first-order chi connectivity index (χ1) is 17.8. The van der Waals surface area contributed by atoms with Crippen molar-refractivity contribution in [3.63, 3.8) is 0 Å². The molecule has 2 N–H and O–H groups in total. The van der Waals surface area contributed by atoms with Crippen LogP contribution in [0, 0.1) is 26.6 Å². The Labute approximate surface area is 218 Å².